The molecule has 0 saturated carbocycles. The van der Waals surface area contributed by atoms with Gasteiger partial charge in [-0.05, 0) is 10.1 Å². The zero-order valence-corrected chi connectivity index (χ0v) is 7.00. The summed E-state index contributed by atoms with van der Waals surface area (Å²) in [7, 11) is 0. The molecule has 0 bridgehead atoms. The lowest BCUT2D eigenvalue weighted by Gasteiger charge is -1.98. The van der Waals surface area contributed by atoms with Crippen LogP contribution in [-0.2, 0) is 4.79 Å². The summed E-state index contributed by atoms with van der Waals surface area (Å²) in [6.07, 6.45) is 1.32. The van der Waals surface area contributed by atoms with E-state index < -0.39 is 11.8 Å². The number of aliphatic carboxylic acids is 1. The van der Waals surface area contributed by atoms with Crippen LogP contribution >= 0.6 is 20.7 Å². The van der Waals surface area contributed by atoms with Crippen LogP contribution in [0.2, 0.25) is 0 Å². The van der Waals surface area contributed by atoms with Crippen LogP contribution in [0.5, 0.6) is 0 Å². The van der Waals surface area contributed by atoms with Crippen molar-refractivity contribution < 1.29 is 14.3 Å². The van der Waals surface area contributed by atoms with Crippen LogP contribution in [0.4, 0.5) is 4.39 Å². The smallest absolute Gasteiger partial charge is 0.338 e. The Morgan fingerprint density at radius 1 is 1.70 bits per heavy atom. The Labute approximate surface area is 66.8 Å². The maximum atomic E-state index is 12.5. The van der Waals surface area contributed by atoms with E-state index in [1.807, 2.05) is 0 Å². The molecule has 0 aromatic carbocycles. The molecule has 0 fully saturated rings. The normalized spacial score (nSPS) is 16.9. The molecule has 0 spiro atoms. The molecule has 0 radical (unpaired) electrons. The van der Waals surface area contributed by atoms with E-state index in [4.69, 9.17) is 5.11 Å². The van der Waals surface area contributed by atoms with Crippen molar-refractivity contribution in [3.63, 3.8) is 0 Å². The average molecular weight is 254 g/mol. The first-order valence-corrected chi connectivity index (χ1v) is 4.96. The van der Waals surface area contributed by atoms with E-state index in [2.05, 4.69) is 0 Å². The van der Waals surface area contributed by atoms with Gasteiger partial charge in [-0.3, -0.25) is 0 Å². The fourth-order valence-electron chi connectivity index (χ4n) is 0.503. The highest BCUT2D eigenvalue weighted by Crippen LogP contribution is 2.19. The maximum Gasteiger partial charge on any atom is 0.338 e. The summed E-state index contributed by atoms with van der Waals surface area (Å²) < 4.78 is 15.6. The Kier molecular flexibility index (Phi) is 2.31. The van der Waals surface area contributed by atoms with Crippen LogP contribution in [-0.4, -0.2) is 15.1 Å². The van der Waals surface area contributed by atoms with Gasteiger partial charge in [0, 0.05) is 4.08 Å². The molecule has 0 atom stereocenters. The van der Waals surface area contributed by atoms with Gasteiger partial charge in [-0.25, -0.2) is 9.18 Å². The highest BCUT2D eigenvalue weighted by atomic mass is 127. The van der Waals surface area contributed by atoms with Gasteiger partial charge in [0.2, 0.25) is 0 Å². The number of carbonyl (C=O) groups is 1. The van der Waals surface area contributed by atoms with Crippen LogP contribution in [0.3, 0.4) is 0 Å². The van der Waals surface area contributed by atoms with Crippen molar-refractivity contribution in [2.75, 3.05) is 0 Å². The van der Waals surface area contributed by atoms with Gasteiger partial charge in [-0.15, -0.1) is 0 Å². The molecule has 2 nitrogen and oxygen atoms in total. The van der Waals surface area contributed by atoms with E-state index in [9.17, 15) is 9.18 Å². The second kappa shape index (κ2) is 3.05. The molecular weight excluding hydrogens is 250 g/mol. The van der Waals surface area contributed by atoms with Gasteiger partial charge in [0.05, 0.1) is 5.57 Å². The third-order valence-electron chi connectivity index (χ3n) is 0.949. The van der Waals surface area contributed by atoms with E-state index in [0.29, 0.717) is 0 Å². The molecule has 0 amide bonds. The van der Waals surface area contributed by atoms with E-state index >= 15 is 0 Å². The third kappa shape index (κ3) is 1.50. The molecule has 54 valence electrons. The monoisotopic (exact) mass is 254 g/mol. The van der Waals surface area contributed by atoms with Gasteiger partial charge in [0.25, 0.3) is 0 Å². The number of hydrogen-bond donors (Lipinski definition) is 1. The standard InChI is InChI=1S/C6H4FIO2/c7-5-3-8-2-1-4(5)6(9)10/h1-3H,(H,9,10). The Hall–Kier alpha value is -0.520. The van der Waals surface area contributed by atoms with Gasteiger partial charge in [-0.1, -0.05) is 20.7 Å². The Balaban J connectivity index is 2.98. The molecule has 1 rings (SSSR count). The maximum absolute atomic E-state index is 12.5. The molecule has 4 heteroatoms. The van der Waals surface area contributed by atoms with Crippen LogP contribution in [0.15, 0.2) is 21.6 Å². The molecule has 0 aliphatic carbocycles. The molecule has 1 heterocycles. The minimum Gasteiger partial charge on any atom is -0.478 e. The Bertz CT molecular complexity index is 252. The first-order valence-electron chi connectivity index (χ1n) is 2.46. The van der Waals surface area contributed by atoms with Crippen molar-refractivity contribution in [2.24, 2.45) is 0 Å². The number of halogens is 2. The quantitative estimate of drug-likeness (QED) is 0.721. The van der Waals surface area contributed by atoms with E-state index in [1.54, 1.807) is 4.01 Å². The second-order valence-electron chi connectivity index (χ2n) is 1.59. The van der Waals surface area contributed by atoms with Crippen LogP contribution in [0.1, 0.15) is 0 Å². The molecule has 0 unspecified atom stereocenters. The zero-order valence-electron chi connectivity index (χ0n) is 4.84. The topological polar surface area (TPSA) is 37.3 Å². The van der Waals surface area contributed by atoms with Crippen molar-refractivity contribution >= 4 is 30.7 Å². The van der Waals surface area contributed by atoms with Gasteiger partial charge >= 0.3 is 5.97 Å². The predicted molar refractivity (Wildman–Crippen MR) is 45.0 cm³/mol. The average Bonchev–Trinajstić information content (AvgIpc) is 1.88. The minimum atomic E-state index is -1.20. The van der Waals surface area contributed by atoms with Gasteiger partial charge in [-0.2, -0.15) is 0 Å². The highest BCUT2D eigenvalue weighted by Gasteiger charge is 2.12. The van der Waals surface area contributed by atoms with Crippen LogP contribution in [0.25, 0.3) is 0 Å². The third-order valence-corrected chi connectivity index (χ3v) is 2.63. The lowest BCUT2D eigenvalue weighted by atomic mass is 10.2. The van der Waals surface area contributed by atoms with Crippen LogP contribution < -0.4 is 0 Å². The van der Waals surface area contributed by atoms with Gasteiger partial charge < -0.3 is 5.11 Å². The van der Waals surface area contributed by atoms with Crippen molar-refractivity contribution in [1.29, 1.82) is 0 Å². The molecule has 0 saturated heterocycles. The fraction of sp³-hybridized carbons (Fsp3) is 0. The fourth-order valence-corrected chi connectivity index (χ4v) is 1.93. The first kappa shape index (κ1) is 7.59. The van der Waals surface area contributed by atoms with Gasteiger partial charge in [0.15, 0.2) is 0 Å². The summed E-state index contributed by atoms with van der Waals surface area (Å²) in [5.41, 5.74) is -0.231. The molecular formula is C6H4FIO2. The molecule has 10 heavy (non-hydrogen) atoms. The molecule has 1 aliphatic heterocycles. The van der Waals surface area contributed by atoms with E-state index in [1.165, 1.54) is 10.2 Å². The molecule has 0 aromatic rings. The van der Waals surface area contributed by atoms with Gasteiger partial charge in [0.1, 0.15) is 5.83 Å². The molecule has 1 aliphatic rings. The van der Waals surface area contributed by atoms with Crippen molar-refractivity contribution in [2.45, 2.75) is 0 Å². The first-order chi connectivity index (χ1) is 4.72. The summed E-state index contributed by atoms with van der Waals surface area (Å²) in [5, 5.41) is 8.35. The SMILES string of the molecule is O=C(O)C1=CC=IC=C1F. The lowest BCUT2D eigenvalue weighted by molar-refractivity contribution is -0.132. The largest absolute Gasteiger partial charge is 0.478 e. The summed E-state index contributed by atoms with van der Waals surface area (Å²) in [6, 6.07) is 0. The summed E-state index contributed by atoms with van der Waals surface area (Å²) >= 11 is -0.380. The minimum absolute atomic E-state index is 0.231. The summed E-state index contributed by atoms with van der Waals surface area (Å²) in [4.78, 5) is 10.2. The number of rotatable bonds is 1. The lowest BCUT2D eigenvalue weighted by Crippen LogP contribution is -2.01. The number of carboxylic acid groups (broad SMARTS) is 1. The molecule has 0 aromatic heterocycles. The molecule has 1 N–H and O–H groups in total. The van der Waals surface area contributed by atoms with Crippen LogP contribution in [0, 0.1) is 0 Å². The van der Waals surface area contributed by atoms with E-state index in [0.717, 1.165) is 0 Å². The summed E-state index contributed by atoms with van der Waals surface area (Å²) in [6.45, 7) is 0. The van der Waals surface area contributed by atoms with Crippen molar-refractivity contribution in [1.82, 2.24) is 0 Å². The predicted octanol–water partition coefficient (Wildman–Crippen LogP) is 1.59. The highest BCUT2D eigenvalue weighted by molar-refractivity contribution is 14.2. The summed E-state index contributed by atoms with van der Waals surface area (Å²) in [5.74, 6) is -1.79. The Morgan fingerprint density at radius 3 is 2.80 bits per heavy atom. The zero-order chi connectivity index (χ0) is 7.56. The Morgan fingerprint density at radius 2 is 2.40 bits per heavy atom. The van der Waals surface area contributed by atoms with Crippen molar-refractivity contribution in [3.05, 3.63) is 21.6 Å². The van der Waals surface area contributed by atoms with E-state index in [-0.39, 0.29) is 26.3 Å². The number of allylic oxidation sites excluding steroid dienone is 1. The number of hydrogen-bond acceptors (Lipinski definition) is 1. The van der Waals surface area contributed by atoms with Crippen molar-refractivity contribution in [3.8, 4) is 0 Å². The second-order valence-corrected chi connectivity index (χ2v) is 3.66. The number of carboxylic acids is 1.